The lowest BCUT2D eigenvalue weighted by molar-refractivity contribution is -0.137. The summed E-state index contributed by atoms with van der Waals surface area (Å²) in [4.78, 5) is 10.4. The summed E-state index contributed by atoms with van der Waals surface area (Å²) in [5, 5.41) is 16.7. The normalized spacial score (nSPS) is 12.2. The van der Waals surface area contributed by atoms with E-state index in [1.165, 1.54) is 0 Å². The molecule has 0 saturated carbocycles. The Kier molecular flexibility index (Phi) is 4.87. The van der Waals surface area contributed by atoms with Gasteiger partial charge in [0.2, 0.25) is 11.8 Å². The van der Waals surface area contributed by atoms with Crippen LogP contribution in [0, 0.1) is 0 Å². The first-order chi connectivity index (χ1) is 9.66. The van der Waals surface area contributed by atoms with Gasteiger partial charge in [-0.05, 0) is 25.3 Å². The van der Waals surface area contributed by atoms with E-state index in [4.69, 9.17) is 9.52 Å². The molecule has 0 fully saturated rings. The maximum Gasteiger partial charge on any atom is 0.303 e. The first-order valence-corrected chi connectivity index (χ1v) is 6.76. The Labute approximate surface area is 117 Å². The first kappa shape index (κ1) is 14.2. The molecule has 0 aliphatic rings. The van der Waals surface area contributed by atoms with Gasteiger partial charge in [-0.1, -0.05) is 30.3 Å². The van der Waals surface area contributed by atoms with Crippen LogP contribution in [0.4, 0.5) is 0 Å². The predicted octanol–water partition coefficient (Wildman–Crippen LogP) is 3.02. The molecule has 5 nitrogen and oxygen atoms in total. The minimum atomic E-state index is -0.770. The Bertz CT molecular complexity index is 551. The monoisotopic (exact) mass is 274 g/mol. The summed E-state index contributed by atoms with van der Waals surface area (Å²) in [6.07, 6.45) is 2.18. The molecule has 2 aromatic rings. The summed E-state index contributed by atoms with van der Waals surface area (Å²) in [5.74, 6) is 0.475. The summed E-state index contributed by atoms with van der Waals surface area (Å²) in [6.45, 7) is 2.02. The second kappa shape index (κ2) is 6.84. The quantitative estimate of drug-likeness (QED) is 0.785. The summed E-state index contributed by atoms with van der Waals surface area (Å²) in [6, 6.07) is 9.99. The molecular weight excluding hydrogens is 256 g/mol. The fourth-order valence-electron chi connectivity index (χ4n) is 1.98. The van der Waals surface area contributed by atoms with Gasteiger partial charge in [0.1, 0.15) is 0 Å². The van der Waals surface area contributed by atoms with Crippen molar-refractivity contribution in [3.8, 4) is 0 Å². The number of aryl methyl sites for hydroxylation is 1. The topological polar surface area (TPSA) is 76.2 Å². The minimum absolute atomic E-state index is 0.0662. The number of carboxylic acid groups (broad SMARTS) is 1. The predicted molar refractivity (Wildman–Crippen MR) is 73.4 cm³/mol. The van der Waals surface area contributed by atoms with Crippen LogP contribution < -0.4 is 0 Å². The smallest absolute Gasteiger partial charge is 0.303 e. The molecule has 5 heteroatoms. The molecule has 20 heavy (non-hydrogen) atoms. The molecule has 106 valence electrons. The zero-order valence-electron chi connectivity index (χ0n) is 11.5. The van der Waals surface area contributed by atoms with Gasteiger partial charge in [0, 0.05) is 12.8 Å². The van der Waals surface area contributed by atoms with Gasteiger partial charge < -0.3 is 9.52 Å². The van der Waals surface area contributed by atoms with Crippen LogP contribution in [0.5, 0.6) is 0 Å². The van der Waals surface area contributed by atoms with Crippen molar-refractivity contribution in [2.45, 2.75) is 38.5 Å². The molecule has 0 aliphatic heterocycles. The number of aromatic nitrogens is 2. The maximum atomic E-state index is 10.4. The molecule has 1 unspecified atom stereocenters. The molecule has 0 radical (unpaired) electrons. The summed E-state index contributed by atoms with van der Waals surface area (Å²) in [7, 11) is 0. The fourth-order valence-corrected chi connectivity index (χ4v) is 1.98. The van der Waals surface area contributed by atoms with E-state index in [-0.39, 0.29) is 12.3 Å². The van der Waals surface area contributed by atoms with E-state index in [1.54, 1.807) is 0 Å². The molecule has 1 N–H and O–H groups in total. The summed E-state index contributed by atoms with van der Waals surface area (Å²) < 4.78 is 5.64. The number of rotatable bonds is 7. The molecule has 0 bridgehead atoms. The van der Waals surface area contributed by atoms with Crippen LogP contribution in [0.3, 0.4) is 0 Å². The second-order valence-electron chi connectivity index (χ2n) is 4.77. The van der Waals surface area contributed by atoms with Crippen LogP contribution >= 0.6 is 0 Å². The molecule has 0 aliphatic carbocycles. The average molecular weight is 274 g/mol. The van der Waals surface area contributed by atoms with Gasteiger partial charge in [0.15, 0.2) is 0 Å². The van der Waals surface area contributed by atoms with Crippen LogP contribution in [-0.2, 0) is 11.2 Å². The van der Waals surface area contributed by atoms with Crippen LogP contribution in [0.2, 0.25) is 0 Å². The van der Waals surface area contributed by atoms with Gasteiger partial charge in [0.25, 0.3) is 0 Å². The third-order valence-electron chi connectivity index (χ3n) is 3.18. The van der Waals surface area contributed by atoms with E-state index < -0.39 is 5.97 Å². The van der Waals surface area contributed by atoms with E-state index in [0.717, 1.165) is 12.0 Å². The van der Waals surface area contributed by atoms with Gasteiger partial charge in [-0.25, -0.2) is 0 Å². The number of benzene rings is 1. The lowest BCUT2D eigenvalue weighted by atomic mass is 10.0. The van der Waals surface area contributed by atoms with Crippen molar-refractivity contribution >= 4 is 5.97 Å². The second-order valence-corrected chi connectivity index (χ2v) is 4.77. The number of carbonyl (C=O) groups is 1. The minimum Gasteiger partial charge on any atom is -0.481 e. The van der Waals surface area contributed by atoms with Crippen LogP contribution in [0.1, 0.15) is 49.4 Å². The lowest BCUT2D eigenvalue weighted by Gasteiger charge is -2.05. The Morgan fingerprint density at radius 3 is 2.70 bits per heavy atom. The van der Waals surface area contributed by atoms with E-state index >= 15 is 0 Å². The Morgan fingerprint density at radius 1 is 1.25 bits per heavy atom. The molecule has 1 aromatic heterocycles. The van der Waals surface area contributed by atoms with Gasteiger partial charge in [0.05, 0.1) is 5.92 Å². The molecule has 1 aromatic carbocycles. The van der Waals surface area contributed by atoms with E-state index in [1.807, 2.05) is 37.3 Å². The molecule has 2 rings (SSSR count). The fraction of sp³-hybridized carbons (Fsp3) is 0.400. The standard InChI is InChI=1S/C15H18N2O3/c1-11(12-7-3-2-4-8-12)15-17-16-13(20-15)9-5-6-10-14(18)19/h2-4,7-8,11H,5-6,9-10H2,1H3,(H,18,19). The number of hydrogen-bond acceptors (Lipinski definition) is 4. The number of unbranched alkanes of at least 4 members (excludes halogenated alkanes) is 1. The van der Waals surface area contributed by atoms with Crippen molar-refractivity contribution in [3.05, 3.63) is 47.7 Å². The largest absolute Gasteiger partial charge is 0.481 e. The highest BCUT2D eigenvalue weighted by atomic mass is 16.4. The maximum absolute atomic E-state index is 10.4. The van der Waals surface area contributed by atoms with Crippen molar-refractivity contribution in [2.75, 3.05) is 0 Å². The van der Waals surface area contributed by atoms with Gasteiger partial charge in [-0.3, -0.25) is 4.79 Å². The number of carboxylic acids is 1. The van der Waals surface area contributed by atoms with Crippen molar-refractivity contribution in [2.24, 2.45) is 0 Å². The van der Waals surface area contributed by atoms with Crippen LogP contribution in [0.25, 0.3) is 0 Å². The zero-order chi connectivity index (χ0) is 14.4. The summed E-state index contributed by atoms with van der Waals surface area (Å²) in [5.41, 5.74) is 1.13. The third-order valence-corrected chi connectivity index (χ3v) is 3.18. The first-order valence-electron chi connectivity index (χ1n) is 6.76. The van der Waals surface area contributed by atoms with Gasteiger partial charge >= 0.3 is 5.97 Å². The number of hydrogen-bond donors (Lipinski definition) is 1. The average Bonchev–Trinajstić information content (AvgIpc) is 2.92. The molecule has 0 amide bonds. The van der Waals surface area contributed by atoms with Crippen LogP contribution in [-0.4, -0.2) is 21.3 Å². The van der Waals surface area contributed by atoms with Crippen molar-refractivity contribution in [1.82, 2.24) is 10.2 Å². The lowest BCUT2D eigenvalue weighted by Crippen LogP contribution is -1.95. The Morgan fingerprint density at radius 2 is 2.00 bits per heavy atom. The van der Waals surface area contributed by atoms with Crippen molar-refractivity contribution in [1.29, 1.82) is 0 Å². The third kappa shape index (κ3) is 3.91. The van der Waals surface area contributed by atoms with E-state index in [0.29, 0.717) is 24.6 Å². The SMILES string of the molecule is CC(c1ccccc1)c1nnc(CCCCC(=O)O)o1. The Balaban J connectivity index is 1.90. The molecular formula is C15H18N2O3. The number of aliphatic carboxylic acids is 1. The molecule has 0 saturated heterocycles. The summed E-state index contributed by atoms with van der Waals surface area (Å²) >= 11 is 0. The van der Waals surface area contributed by atoms with Gasteiger partial charge in [-0.15, -0.1) is 10.2 Å². The van der Waals surface area contributed by atoms with E-state index in [2.05, 4.69) is 10.2 Å². The molecule has 0 spiro atoms. The highest BCUT2D eigenvalue weighted by molar-refractivity contribution is 5.66. The van der Waals surface area contributed by atoms with Gasteiger partial charge in [-0.2, -0.15) is 0 Å². The molecule has 1 heterocycles. The molecule has 1 atom stereocenters. The van der Waals surface area contributed by atoms with Crippen molar-refractivity contribution < 1.29 is 14.3 Å². The highest BCUT2D eigenvalue weighted by Crippen LogP contribution is 2.22. The van der Waals surface area contributed by atoms with E-state index in [9.17, 15) is 4.79 Å². The highest BCUT2D eigenvalue weighted by Gasteiger charge is 2.15. The van der Waals surface area contributed by atoms with Crippen LogP contribution in [0.15, 0.2) is 34.7 Å². The van der Waals surface area contributed by atoms with Crippen molar-refractivity contribution in [3.63, 3.8) is 0 Å². The Hall–Kier alpha value is -2.17. The zero-order valence-corrected chi connectivity index (χ0v) is 11.5. The number of nitrogens with zero attached hydrogens (tertiary/aromatic N) is 2.